The minimum Gasteiger partial charge on any atom is -0.374 e. The van der Waals surface area contributed by atoms with Crippen LogP contribution in [-0.4, -0.2) is 12.7 Å². The topological polar surface area (TPSA) is 9.23 Å². The molecule has 0 aromatic heterocycles. The summed E-state index contributed by atoms with van der Waals surface area (Å²) in [5.41, 5.74) is 3.05. The van der Waals surface area contributed by atoms with Gasteiger partial charge >= 0.3 is 0 Å². The molecule has 0 amide bonds. The Kier molecular flexibility index (Phi) is 8.75. The quantitative estimate of drug-likeness (QED) is 0.528. The molecule has 0 spiro atoms. The lowest BCUT2D eigenvalue weighted by Crippen LogP contribution is -2.24. The van der Waals surface area contributed by atoms with E-state index >= 15 is 0 Å². The molecular formula is C24H38O. The van der Waals surface area contributed by atoms with E-state index in [-0.39, 0.29) is 0 Å². The summed E-state index contributed by atoms with van der Waals surface area (Å²) in [5, 5.41) is 0. The molecule has 1 aromatic rings. The molecule has 1 aromatic carbocycles. The number of hydrogen-bond donors (Lipinski definition) is 0. The van der Waals surface area contributed by atoms with Gasteiger partial charge in [-0.3, -0.25) is 0 Å². The van der Waals surface area contributed by atoms with Crippen LogP contribution in [0, 0.1) is 11.8 Å². The molecule has 140 valence electrons. The zero-order chi connectivity index (χ0) is 18.1. The molecule has 1 nitrogen and oxygen atoms in total. The highest BCUT2D eigenvalue weighted by Gasteiger charge is 2.20. The molecular weight excluding hydrogens is 304 g/mol. The number of hydrogen-bond acceptors (Lipinski definition) is 1. The Hall–Kier alpha value is -1.08. The van der Waals surface area contributed by atoms with Crippen molar-refractivity contribution in [3.05, 3.63) is 48.0 Å². The highest BCUT2D eigenvalue weighted by molar-refractivity contribution is 5.26. The summed E-state index contributed by atoms with van der Waals surface area (Å²) in [4.78, 5) is 0. The van der Waals surface area contributed by atoms with Crippen molar-refractivity contribution in [1.29, 1.82) is 0 Å². The van der Waals surface area contributed by atoms with E-state index in [0.29, 0.717) is 6.10 Å². The Morgan fingerprint density at radius 1 is 1.00 bits per heavy atom. The van der Waals surface area contributed by atoms with Gasteiger partial charge in [0.2, 0.25) is 0 Å². The minimum atomic E-state index is 0.295. The molecule has 2 aliphatic rings. The van der Waals surface area contributed by atoms with Crippen LogP contribution in [0.2, 0.25) is 0 Å². The van der Waals surface area contributed by atoms with Crippen LogP contribution in [0.5, 0.6) is 0 Å². The van der Waals surface area contributed by atoms with E-state index in [1.54, 1.807) is 5.56 Å². The van der Waals surface area contributed by atoms with Crippen molar-refractivity contribution in [2.45, 2.75) is 84.2 Å². The molecule has 1 heterocycles. The third-order valence-electron chi connectivity index (χ3n) is 5.98. The highest BCUT2D eigenvalue weighted by atomic mass is 16.5. The number of aryl methyl sites for hydroxylation is 1. The molecule has 2 fully saturated rings. The van der Waals surface area contributed by atoms with Gasteiger partial charge in [0.25, 0.3) is 0 Å². The van der Waals surface area contributed by atoms with E-state index in [1.807, 2.05) is 19.9 Å². The van der Waals surface area contributed by atoms with Crippen LogP contribution in [0.25, 0.3) is 0 Å². The maximum absolute atomic E-state index is 5.82. The lowest BCUT2D eigenvalue weighted by molar-refractivity contribution is 0.00886. The van der Waals surface area contributed by atoms with Crippen LogP contribution in [0.3, 0.4) is 0 Å². The smallest absolute Gasteiger partial charge is 0.0753 e. The fraction of sp³-hybridized carbons (Fsp3) is 0.667. The monoisotopic (exact) mass is 342 g/mol. The maximum Gasteiger partial charge on any atom is 0.0753 e. The summed E-state index contributed by atoms with van der Waals surface area (Å²) < 4.78 is 5.82. The lowest BCUT2D eigenvalue weighted by Gasteiger charge is -2.27. The maximum atomic E-state index is 5.82. The fourth-order valence-electron chi connectivity index (χ4n) is 4.16. The van der Waals surface area contributed by atoms with E-state index in [2.05, 4.69) is 37.8 Å². The van der Waals surface area contributed by atoms with Gasteiger partial charge in [-0.1, -0.05) is 64.0 Å². The normalized spacial score (nSPS) is 29.4. The lowest BCUT2D eigenvalue weighted by atomic mass is 9.79. The molecule has 0 bridgehead atoms. The van der Waals surface area contributed by atoms with Crippen molar-refractivity contribution >= 4 is 0 Å². The summed E-state index contributed by atoms with van der Waals surface area (Å²) in [6.07, 6.45) is 12.7. The zero-order valence-electron chi connectivity index (χ0n) is 16.7. The van der Waals surface area contributed by atoms with Crippen LogP contribution < -0.4 is 0 Å². The molecule has 2 unspecified atom stereocenters. The van der Waals surface area contributed by atoms with E-state index in [9.17, 15) is 0 Å². The first-order valence-corrected chi connectivity index (χ1v) is 10.6. The number of ether oxygens (including phenoxy) is 1. The summed E-state index contributed by atoms with van der Waals surface area (Å²) in [5.74, 6) is 2.47. The molecule has 25 heavy (non-hydrogen) atoms. The predicted molar refractivity (Wildman–Crippen MR) is 109 cm³/mol. The second-order valence-corrected chi connectivity index (χ2v) is 7.79. The predicted octanol–water partition coefficient (Wildman–Crippen LogP) is 6.92. The standard InChI is InChI=1S/C22H32O.C2H6/c1-3-22-15-10-19(16-23-22)7-6-18-8-13-21(14-9-18)20-11-4-17(2)5-12-20;1-2/h3,8-9,13-14,17,19-20,22H,1,4-7,10-12,15-16H2,2H3;1-2H3. The van der Waals surface area contributed by atoms with Gasteiger partial charge in [0.1, 0.15) is 0 Å². The van der Waals surface area contributed by atoms with Crippen LogP contribution in [0.1, 0.15) is 82.8 Å². The molecule has 0 radical (unpaired) electrons. The highest BCUT2D eigenvalue weighted by Crippen LogP contribution is 2.35. The molecule has 1 saturated carbocycles. The molecule has 2 atom stereocenters. The van der Waals surface area contributed by atoms with Crippen LogP contribution >= 0.6 is 0 Å². The summed E-state index contributed by atoms with van der Waals surface area (Å²) in [6.45, 7) is 11.1. The number of benzene rings is 1. The van der Waals surface area contributed by atoms with E-state index < -0.39 is 0 Å². The number of rotatable bonds is 5. The fourth-order valence-corrected chi connectivity index (χ4v) is 4.16. The third-order valence-corrected chi connectivity index (χ3v) is 5.98. The Bertz CT molecular complexity index is 473. The van der Waals surface area contributed by atoms with Gasteiger partial charge in [-0.05, 0) is 67.4 Å². The summed E-state index contributed by atoms with van der Waals surface area (Å²) in [6, 6.07) is 9.51. The molecule has 1 heteroatoms. The summed E-state index contributed by atoms with van der Waals surface area (Å²) in [7, 11) is 0. The molecule has 1 saturated heterocycles. The molecule has 1 aliphatic carbocycles. The first kappa shape index (κ1) is 20.2. The van der Waals surface area contributed by atoms with Gasteiger partial charge < -0.3 is 4.74 Å². The van der Waals surface area contributed by atoms with Crippen LogP contribution in [0.15, 0.2) is 36.9 Å². The van der Waals surface area contributed by atoms with Gasteiger partial charge in [-0.25, -0.2) is 0 Å². The molecule has 1 aliphatic heterocycles. The van der Waals surface area contributed by atoms with Gasteiger partial charge in [-0.2, -0.15) is 0 Å². The van der Waals surface area contributed by atoms with Crippen LogP contribution in [-0.2, 0) is 11.2 Å². The SMILES string of the molecule is C=CC1CCC(CCc2ccc(C3CCC(C)CC3)cc2)CO1.CC. The van der Waals surface area contributed by atoms with Gasteiger partial charge in [0, 0.05) is 0 Å². The minimum absolute atomic E-state index is 0.295. The average molecular weight is 343 g/mol. The zero-order valence-corrected chi connectivity index (χ0v) is 16.7. The third kappa shape index (κ3) is 6.29. The van der Waals surface area contributed by atoms with Gasteiger partial charge in [0.05, 0.1) is 12.7 Å². The van der Waals surface area contributed by atoms with Gasteiger partial charge in [0.15, 0.2) is 0 Å². The Labute approximate surface area is 155 Å². The van der Waals surface area contributed by atoms with Crippen LogP contribution in [0.4, 0.5) is 0 Å². The largest absolute Gasteiger partial charge is 0.374 e. The molecule has 0 N–H and O–H groups in total. The van der Waals surface area contributed by atoms with Crippen molar-refractivity contribution in [3.8, 4) is 0 Å². The van der Waals surface area contributed by atoms with Crippen molar-refractivity contribution in [2.24, 2.45) is 11.8 Å². The first-order valence-electron chi connectivity index (χ1n) is 10.6. The Balaban J connectivity index is 0.00000109. The average Bonchev–Trinajstić information content (AvgIpc) is 2.69. The van der Waals surface area contributed by atoms with E-state index in [4.69, 9.17) is 4.74 Å². The second-order valence-electron chi connectivity index (χ2n) is 7.79. The summed E-state index contributed by atoms with van der Waals surface area (Å²) >= 11 is 0. The van der Waals surface area contributed by atoms with Gasteiger partial charge in [-0.15, -0.1) is 6.58 Å². The first-order chi connectivity index (χ1) is 12.2. The second kappa shape index (κ2) is 10.8. The van der Waals surface area contributed by atoms with Crippen molar-refractivity contribution in [3.63, 3.8) is 0 Å². The Morgan fingerprint density at radius 3 is 2.24 bits per heavy atom. The van der Waals surface area contributed by atoms with E-state index in [1.165, 1.54) is 50.5 Å². The van der Waals surface area contributed by atoms with Crippen molar-refractivity contribution in [2.75, 3.05) is 6.61 Å². The molecule has 3 rings (SSSR count). The van der Waals surface area contributed by atoms with Crippen molar-refractivity contribution < 1.29 is 4.74 Å². The Morgan fingerprint density at radius 2 is 1.68 bits per heavy atom. The van der Waals surface area contributed by atoms with E-state index in [0.717, 1.165) is 30.8 Å². The van der Waals surface area contributed by atoms with Crippen molar-refractivity contribution in [1.82, 2.24) is 0 Å².